The fourth-order valence-electron chi connectivity index (χ4n) is 2.10. The molecule has 122 valence electrons. The van der Waals surface area contributed by atoms with E-state index in [-0.39, 0.29) is 0 Å². The molecule has 0 aliphatic rings. The predicted molar refractivity (Wildman–Crippen MR) is 93.6 cm³/mol. The maximum atomic E-state index is 10.9. The van der Waals surface area contributed by atoms with Crippen LogP contribution >= 0.6 is 15.9 Å². The van der Waals surface area contributed by atoms with Crippen LogP contribution < -0.4 is 10.1 Å². The first-order valence-electron chi connectivity index (χ1n) is 7.39. The van der Waals surface area contributed by atoms with E-state index in [9.17, 15) is 4.79 Å². The molecule has 0 aliphatic heterocycles. The minimum Gasteiger partial charge on any atom is -0.489 e. The lowest BCUT2D eigenvalue weighted by atomic mass is 10.1. The molecule has 2 aromatic rings. The molecule has 0 amide bonds. The molecule has 0 bridgehead atoms. The van der Waals surface area contributed by atoms with Crippen molar-refractivity contribution in [2.24, 2.45) is 0 Å². The molecule has 2 rings (SSSR count). The average molecular weight is 378 g/mol. The Hall–Kier alpha value is -1.85. The molecule has 23 heavy (non-hydrogen) atoms. The summed E-state index contributed by atoms with van der Waals surface area (Å²) in [5.41, 5.74) is 3.23. The molecule has 1 unspecified atom stereocenters. The van der Waals surface area contributed by atoms with Gasteiger partial charge in [-0.15, -0.1) is 0 Å². The Bertz CT molecular complexity index is 688. The highest BCUT2D eigenvalue weighted by Crippen LogP contribution is 2.24. The van der Waals surface area contributed by atoms with Gasteiger partial charge in [-0.25, -0.2) is 0 Å². The highest BCUT2D eigenvalue weighted by molar-refractivity contribution is 9.10. The van der Waals surface area contributed by atoms with Crippen LogP contribution in [0.3, 0.4) is 0 Å². The number of carbonyl (C=O) groups is 1. The van der Waals surface area contributed by atoms with Crippen LogP contribution in [0.2, 0.25) is 0 Å². The molecule has 0 fully saturated rings. The van der Waals surface area contributed by atoms with Gasteiger partial charge in [0.05, 0.1) is 0 Å². The average Bonchev–Trinajstić information content (AvgIpc) is 2.52. The Kier molecular flexibility index (Phi) is 6.19. The van der Waals surface area contributed by atoms with Crippen LogP contribution in [0.25, 0.3) is 0 Å². The van der Waals surface area contributed by atoms with Gasteiger partial charge in [-0.05, 0) is 43.2 Å². The number of halogens is 1. The number of aliphatic carboxylic acids is 1. The fraction of sp³-hybridized carbons (Fsp3) is 0.278. The molecule has 0 saturated carbocycles. The smallest absolute Gasteiger partial charge is 0.320 e. The topological polar surface area (TPSA) is 58.6 Å². The number of ether oxygens (including phenoxy) is 1. The van der Waals surface area contributed by atoms with Crippen molar-refractivity contribution in [3.8, 4) is 5.75 Å². The first-order valence-corrected chi connectivity index (χ1v) is 8.18. The van der Waals surface area contributed by atoms with Crippen molar-refractivity contribution in [2.45, 2.75) is 33.0 Å². The third-order valence-electron chi connectivity index (χ3n) is 3.64. The van der Waals surface area contributed by atoms with Gasteiger partial charge in [0.25, 0.3) is 0 Å². The molecule has 0 aromatic heterocycles. The van der Waals surface area contributed by atoms with E-state index in [2.05, 4.69) is 34.2 Å². The maximum Gasteiger partial charge on any atom is 0.320 e. The van der Waals surface area contributed by atoms with E-state index in [4.69, 9.17) is 9.84 Å². The molecule has 0 aliphatic carbocycles. The zero-order valence-electron chi connectivity index (χ0n) is 13.2. The van der Waals surface area contributed by atoms with Gasteiger partial charge in [0.1, 0.15) is 18.4 Å². The third kappa shape index (κ3) is 5.08. The first kappa shape index (κ1) is 17.5. The number of rotatable bonds is 7. The number of benzene rings is 2. The SMILES string of the molecule is Cc1ccccc1COc1ccc(Br)cc1CNC(C)C(=O)O. The summed E-state index contributed by atoms with van der Waals surface area (Å²) < 4.78 is 6.87. The number of nitrogens with one attached hydrogen (secondary N) is 1. The minimum absolute atomic E-state index is 0.427. The zero-order valence-corrected chi connectivity index (χ0v) is 14.8. The van der Waals surface area contributed by atoms with Crippen molar-refractivity contribution in [3.05, 3.63) is 63.6 Å². The molecular weight excluding hydrogens is 358 g/mol. The van der Waals surface area contributed by atoms with Gasteiger partial charge in [-0.2, -0.15) is 0 Å². The second-order valence-electron chi connectivity index (χ2n) is 5.41. The van der Waals surface area contributed by atoms with Crippen molar-refractivity contribution < 1.29 is 14.6 Å². The molecule has 1 atom stereocenters. The summed E-state index contributed by atoms with van der Waals surface area (Å²) in [5.74, 6) is -0.121. The molecule has 2 N–H and O–H groups in total. The summed E-state index contributed by atoms with van der Waals surface area (Å²) in [7, 11) is 0. The van der Waals surface area contributed by atoms with Crippen LogP contribution in [-0.4, -0.2) is 17.1 Å². The van der Waals surface area contributed by atoms with Crippen LogP contribution in [0, 0.1) is 6.92 Å². The van der Waals surface area contributed by atoms with Crippen LogP contribution in [-0.2, 0) is 17.9 Å². The summed E-state index contributed by atoms with van der Waals surface area (Å²) in [4.78, 5) is 10.9. The Labute approximate surface area is 144 Å². The fourth-order valence-corrected chi connectivity index (χ4v) is 2.51. The van der Waals surface area contributed by atoms with E-state index in [1.807, 2.05) is 36.4 Å². The van der Waals surface area contributed by atoms with Crippen molar-refractivity contribution in [3.63, 3.8) is 0 Å². The highest BCUT2D eigenvalue weighted by Gasteiger charge is 2.12. The lowest BCUT2D eigenvalue weighted by Gasteiger charge is -2.15. The van der Waals surface area contributed by atoms with Crippen molar-refractivity contribution in [1.82, 2.24) is 5.32 Å². The van der Waals surface area contributed by atoms with Gasteiger partial charge in [-0.1, -0.05) is 40.2 Å². The largest absolute Gasteiger partial charge is 0.489 e. The Morgan fingerprint density at radius 1 is 1.26 bits per heavy atom. The van der Waals surface area contributed by atoms with Gasteiger partial charge in [-0.3, -0.25) is 4.79 Å². The normalized spacial score (nSPS) is 12.0. The summed E-state index contributed by atoms with van der Waals surface area (Å²) >= 11 is 3.44. The summed E-state index contributed by atoms with van der Waals surface area (Å²) in [6.45, 7) is 4.58. The van der Waals surface area contributed by atoms with Gasteiger partial charge in [0, 0.05) is 16.6 Å². The number of aryl methyl sites for hydroxylation is 1. The van der Waals surface area contributed by atoms with Gasteiger partial charge >= 0.3 is 5.97 Å². The van der Waals surface area contributed by atoms with Gasteiger partial charge in [0.15, 0.2) is 0 Å². The number of carboxylic acid groups (broad SMARTS) is 1. The molecule has 5 heteroatoms. The van der Waals surface area contributed by atoms with Crippen molar-refractivity contribution >= 4 is 21.9 Å². The number of carboxylic acids is 1. The van der Waals surface area contributed by atoms with Crippen molar-refractivity contribution in [1.29, 1.82) is 0 Å². The lowest BCUT2D eigenvalue weighted by Crippen LogP contribution is -2.33. The third-order valence-corrected chi connectivity index (χ3v) is 4.13. The quantitative estimate of drug-likeness (QED) is 0.767. The second-order valence-corrected chi connectivity index (χ2v) is 6.32. The minimum atomic E-state index is -0.873. The molecular formula is C18H20BrNO3. The van der Waals surface area contributed by atoms with Crippen LogP contribution in [0.1, 0.15) is 23.6 Å². The highest BCUT2D eigenvalue weighted by atomic mass is 79.9. The Morgan fingerprint density at radius 3 is 2.70 bits per heavy atom. The van der Waals surface area contributed by atoms with Crippen LogP contribution in [0.5, 0.6) is 5.75 Å². The maximum absolute atomic E-state index is 10.9. The summed E-state index contributed by atoms with van der Waals surface area (Å²) in [6.07, 6.45) is 0. The number of hydrogen-bond acceptors (Lipinski definition) is 3. The Morgan fingerprint density at radius 2 is 2.00 bits per heavy atom. The molecule has 0 saturated heterocycles. The van der Waals surface area contributed by atoms with E-state index in [1.54, 1.807) is 6.92 Å². The monoisotopic (exact) mass is 377 g/mol. The molecule has 0 radical (unpaired) electrons. The molecule has 0 heterocycles. The predicted octanol–water partition coefficient (Wildman–Crippen LogP) is 3.90. The van der Waals surface area contributed by atoms with Gasteiger partial charge < -0.3 is 15.2 Å². The van der Waals surface area contributed by atoms with Crippen LogP contribution in [0.15, 0.2) is 46.9 Å². The van der Waals surface area contributed by atoms with Gasteiger partial charge in [0.2, 0.25) is 0 Å². The molecule has 4 nitrogen and oxygen atoms in total. The first-order chi connectivity index (χ1) is 11.0. The summed E-state index contributed by atoms with van der Waals surface area (Å²) in [5, 5.41) is 11.9. The van der Waals surface area contributed by atoms with E-state index in [0.29, 0.717) is 13.2 Å². The van der Waals surface area contributed by atoms with Crippen molar-refractivity contribution in [2.75, 3.05) is 0 Å². The second kappa shape index (κ2) is 8.13. The van der Waals surface area contributed by atoms with E-state index in [0.717, 1.165) is 21.3 Å². The molecule has 0 spiro atoms. The number of hydrogen-bond donors (Lipinski definition) is 2. The molecule has 2 aromatic carbocycles. The van der Waals surface area contributed by atoms with Crippen LogP contribution in [0.4, 0.5) is 0 Å². The standard InChI is InChI=1S/C18H20BrNO3/c1-12-5-3-4-6-14(12)11-23-17-8-7-16(19)9-15(17)10-20-13(2)18(21)22/h3-9,13,20H,10-11H2,1-2H3,(H,21,22). The zero-order chi connectivity index (χ0) is 16.8. The summed E-state index contributed by atoms with van der Waals surface area (Å²) in [6, 6.07) is 13.2. The van der Waals surface area contributed by atoms with E-state index < -0.39 is 12.0 Å². The lowest BCUT2D eigenvalue weighted by molar-refractivity contribution is -0.139. The Balaban J connectivity index is 2.09. The van der Waals surface area contributed by atoms with E-state index in [1.165, 1.54) is 5.56 Å². The van der Waals surface area contributed by atoms with E-state index >= 15 is 0 Å².